The van der Waals surface area contributed by atoms with E-state index in [0.29, 0.717) is 22.4 Å². The molecular formula is C15H13N5O2S. The molecule has 0 radical (unpaired) electrons. The molecule has 8 heteroatoms. The second-order valence-electron chi connectivity index (χ2n) is 4.19. The van der Waals surface area contributed by atoms with Gasteiger partial charge in [-0.05, 0) is 36.6 Å². The van der Waals surface area contributed by atoms with Crippen LogP contribution in [0, 0.1) is 11.5 Å². The van der Waals surface area contributed by atoms with E-state index in [4.69, 9.17) is 15.7 Å². The van der Waals surface area contributed by atoms with Gasteiger partial charge in [0.05, 0.1) is 5.69 Å². The highest BCUT2D eigenvalue weighted by atomic mass is 32.2. The molecule has 1 heterocycles. The van der Waals surface area contributed by atoms with Crippen LogP contribution in [-0.2, 0) is 0 Å². The number of thioether (sulfide) groups is 1. The van der Waals surface area contributed by atoms with E-state index in [9.17, 15) is 4.79 Å². The topological polar surface area (TPSA) is 113 Å². The number of hydrogen-bond acceptors (Lipinski definition) is 6. The molecule has 0 aliphatic carbocycles. The maximum atomic E-state index is 11.1. The molecule has 3 N–H and O–H groups in total. The molecule has 1 aromatic heterocycles. The third-order valence-corrected chi connectivity index (χ3v) is 3.22. The summed E-state index contributed by atoms with van der Waals surface area (Å²) < 4.78 is 5.63. The second-order valence-corrected chi connectivity index (χ2v) is 4.99. The van der Waals surface area contributed by atoms with Crippen molar-refractivity contribution in [3.63, 3.8) is 0 Å². The number of amides is 1. The van der Waals surface area contributed by atoms with Crippen LogP contribution in [0.4, 0.5) is 5.69 Å². The number of pyridine rings is 1. The summed E-state index contributed by atoms with van der Waals surface area (Å²) in [5, 5.41) is 11.6. The van der Waals surface area contributed by atoms with Gasteiger partial charge in [-0.15, -0.1) is 0 Å². The smallest absolute Gasteiger partial charge is 0.267 e. The number of nitrogens with zero attached hydrogens (tertiary/aromatic N) is 3. The summed E-state index contributed by atoms with van der Waals surface area (Å²) in [7, 11) is 0. The fourth-order valence-electron chi connectivity index (χ4n) is 1.62. The maximum Gasteiger partial charge on any atom is 0.267 e. The predicted molar refractivity (Wildman–Crippen MR) is 88.6 cm³/mol. The fourth-order valence-corrected chi connectivity index (χ4v) is 1.97. The number of amidine groups is 1. The van der Waals surface area contributed by atoms with Crippen LogP contribution in [0.2, 0.25) is 0 Å². The van der Waals surface area contributed by atoms with Crippen molar-refractivity contribution in [2.45, 2.75) is 0 Å². The molecule has 0 unspecified atom stereocenters. The van der Waals surface area contributed by atoms with E-state index in [0.717, 1.165) is 0 Å². The van der Waals surface area contributed by atoms with Crippen molar-refractivity contribution in [3.8, 4) is 17.7 Å². The van der Waals surface area contributed by atoms with Crippen molar-refractivity contribution in [2.75, 3.05) is 6.26 Å². The molecule has 2 aromatic rings. The van der Waals surface area contributed by atoms with Crippen molar-refractivity contribution in [3.05, 3.63) is 48.3 Å². The third kappa shape index (κ3) is 4.72. The van der Waals surface area contributed by atoms with Gasteiger partial charge in [0.2, 0.25) is 0 Å². The molecule has 7 nitrogen and oxygen atoms in total. The molecular weight excluding hydrogens is 314 g/mol. The molecule has 0 bridgehead atoms. The van der Waals surface area contributed by atoms with Crippen LogP contribution >= 0.6 is 11.8 Å². The first kappa shape index (κ1) is 16.3. The van der Waals surface area contributed by atoms with Crippen LogP contribution < -0.4 is 15.8 Å². The lowest BCUT2D eigenvalue weighted by Crippen LogP contribution is -2.12. The van der Waals surface area contributed by atoms with Crippen LogP contribution in [0.1, 0.15) is 10.5 Å². The number of ether oxygens (including phenoxy) is 1. The van der Waals surface area contributed by atoms with Gasteiger partial charge < -0.3 is 10.5 Å². The fraction of sp³-hybridized carbons (Fsp3) is 0.0667. The lowest BCUT2D eigenvalue weighted by atomic mass is 10.3. The molecule has 1 aromatic carbocycles. The molecule has 116 valence electrons. The van der Waals surface area contributed by atoms with Crippen molar-refractivity contribution in [1.29, 1.82) is 5.26 Å². The summed E-state index contributed by atoms with van der Waals surface area (Å²) in [4.78, 5) is 19.2. The van der Waals surface area contributed by atoms with Crippen LogP contribution in [0.3, 0.4) is 0 Å². The summed E-state index contributed by atoms with van der Waals surface area (Å²) >= 11 is 1.33. The number of nitrogens with two attached hydrogens (primary N) is 1. The Morgan fingerprint density at radius 1 is 1.35 bits per heavy atom. The van der Waals surface area contributed by atoms with Gasteiger partial charge in [-0.1, -0.05) is 11.8 Å². The number of carbonyl (C=O) groups excluding carboxylic acids is 1. The molecule has 0 atom stereocenters. The molecule has 0 saturated carbocycles. The van der Waals surface area contributed by atoms with Crippen LogP contribution in [0.25, 0.3) is 0 Å². The SMILES string of the molecule is CSC(=Nc1ccc(Oc2ccnc(C(N)=O)c2)cc1)NC#N. The standard InChI is InChI=1S/C15H13N5O2S/c1-23-15(19-9-16)20-10-2-4-11(5-3-10)22-12-6-7-18-13(8-12)14(17)21/h2-8H,1H3,(H2,17,21)(H,19,20). The van der Waals surface area contributed by atoms with Crippen molar-refractivity contribution >= 4 is 28.5 Å². The second kappa shape index (κ2) is 7.82. The van der Waals surface area contributed by atoms with E-state index in [1.807, 2.05) is 12.4 Å². The minimum atomic E-state index is -0.616. The molecule has 0 aliphatic rings. The Balaban J connectivity index is 2.13. The first-order valence-corrected chi connectivity index (χ1v) is 7.66. The van der Waals surface area contributed by atoms with Crippen LogP contribution in [-0.4, -0.2) is 22.3 Å². The molecule has 0 fully saturated rings. The molecule has 23 heavy (non-hydrogen) atoms. The third-order valence-electron chi connectivity index (χ3n) is 2.64. The normalized spacial score (nSPS) is 10.7. The Bertz CT molecular complexity index is 768. The number of aromatic nitrogens is 1. The van der Waals surface area contributed by atoms with Crippen molar-refractivity contribution in [2.24, 2.45) is 10.7 Å². The van der Waals surface area contributed by atoms with Gasteiger partial charge in [0.25, 0.3) is 5.91 Å². The number of hydrogen-bond donors (Lipinski definition) is 2. The van der Waals surface area contributed by atoms with Crippen LogP contribution in [0.5, 0.6) is 11.5 Å². The zero-order valence-corrected chi connectivity index (χ0v) is 13.0. The summed E-state index contributed by atoms with van der Waals surface area (Å²) in [5.74, 6) is 0.417. The number of carbonyl (C=O) groups is 1. The average molecular weight is 327 g/mol. The van der Waals surface area contributed by atoms with E-state index in [-0.39, 0.29) is 5.69 Å². The van der Waals surface area contributed by atoms with E-state index in [1.165, 1.54) is 24.0 Å². The Morgan fingerprint density at radius 2 is 2.09 bits per heavy atom. The summed E-state index contributed by atoms with van der Waals surface area (Å²) in [6.45, 7) is 0. The number of benzene rings is 1. The summed E-state index contributed by atoms with van der Waals surface area (Å²) in [6.07, 6.45) is 5.10. The number of aliphatic imine (C=N–C) groups is 1. The van der Waals surface area contributed by atoms with Gasteiger partial charge >= 0.3 is 0 Å². The Hall–Kier alpha value is -3.05. The van der Waals surface area contributed by atoms with Gasteiger partial charge in [0.15, 0.2) is 11.4 Å². The number of nitrogens with one attached hydrogen (secondary N) is 1. The Labute approximate surface area is 137 Å². The van der Waals surface area contributed by atoms with E-state index >= 15 is 0 Å². The molecule has 0 aliphatic heterocycles. The lowest BCUT2D eigenvalue weighted by Gasteiger charge is -2.06. The summed E-state index contributed by atoms with van der Waals surface area (Å²) in [6, 6.07) is 10.1. The van der Waals surface area contributed by atoms with Gasteiger partial charge in [-0.25, -0.2) is 4.99 Å². The molecule has 2 rings (SSSR count). The molecule has 0 spiro atoms. The highest BCUT2D eigenvalue weighted by Crippen LogP contribution is 2.24. The van der Waals surface area contributed by atoms with E-state index in [2.05, 4.69) is 15.3 Å². The van der Waals surface area contributed by atoms with Crippen molar-refractivity contribution in [1.82, 2.24) is 10.3 Å². The predicted octanol–water partition coefficient (Wildman–Crippen LogP) is 2.39. The van der Waals surface area contributed by atoms with E-state index < -0.39 is 5.91 Å². The Morgan fingerprint density at radius 3 is 2.70 bits per heavy atom. The minimum absolute atomic E-state index is 0.135. The first-order chi connectivity index (χ1) is 11.1. The quantitative estimate of drug-likeness (QED) is 0.386. The maximum absolute atomic E-state index is 11.1. The number of rotatable bonds is 4. The molecule has 1 amide bonds. The highest BCUT2D eigenvalue weighted by molar-refractivity contribution is 8.13. The lowest BCUT2D eigenvalue weighted by molar-refractivity contribution is 0.0995. The van der Waals surface area contributed by atoms with Crippen LogP contribution in [0.15, 0.2) is 47.6 Å². The monoisotopic (exact) mass is 327 g/mol. The van der Waals surface area contributed by atoms with E-state index in [1.54, 1.807) is 30.3 Å². The average Bonchev–Trinajstić information content (AvgIpc) is 2.56. The highest BCUT2D eigenvalue weighted by Gasteiger charge is 2.05. The Kier molecular flexibility index (Phi) is 5.55. The van der Waals surface area contributed by atoms with Gasteiger partial charge in [0.1, 0.15) is 17.2 Å². The van der Waals surface area contributed by atoms with Gasteiger partial charge in [-0.3, -0.25) is 15.1 Å². The summed E-state index contributed by atoms with van der Waals surface area (Å²) in [5.41, 5.74) is 5.99. The van der Waals surface area contributed by atoms with Crippen molar-refractivity contribution < 1.29 is 9.53 Å². The number of nitriles is 1. The minimum Gasteiger partial charge on any atom is -0.457 e. The zero-order valence-electron chi connectivity index (χ0n) is 12.2. The zero-order chi connectivity index (χ0) is 16.7. The van der Waals surface area contributed by atoms with Gasteiger partial charge in [-0.2, -0.15) is 5.26 Å². The number of primary amides is 1. The van der Waals surface area contributed by atoms with Gasteiger partial charge in [0, 0.05) is 12.3 Å². The molecule has 0 saturated heterocycles. The first-order valence-electron chi connectivity index (χ1n) is 6.44. The largest absolute Gasteiger partial charge is 0.457 e.